The number of halogens is 1. The molecule has 1 aromatic rings. The maximum atomic E-state index is 13.3. The van der Waals surface area contributed by atoms with Crippen LogP contribution >= 0.6 is 0 Å². The molecular formula is C12H14FN3O3. The molecule has 2 rings (SSSR count). The second-order valence-corrected chi connectivity index (χ2v) is 4.89. The lowest BCUT2D eigenvalue weighted by Crippen LogP contribution is -2.43. The van der Waals surface area contributed by atoms with E-state index in [0.29, 0.717) is 12.0 Å². The van der Waals surface area contributed by atoms with E-state index in [1.165, 1.54) is 0 Å². The van der Waals surface area contributed by atoms with Crippen LogP contribution in [0.3, 0.4) is 0 Å². The van der Waals surface area contributed by atoms with Gasteiger partial charge in [0.2, 0.25) is 0 Å². The number of nitrogens with two attached hydrogens (primary N) is 1. The van der Waals surface area contributed by atoms with Gasteiger partial charge in [-0.2, -0.15) is 0 Å². The average molecular weight is 267 g/mol. The van der Waals surface area contributed by atoms with E-state index in [1.807, 2.05) is 0 Å². The molecule has 0 aliphatic heterocycles. The highest BCUT2D eigenvalue weighted by molar-refractivity contribution is 6.01. The fraction of sp³-hybridized carbons (Fsp3) is 0.417. The summed E-state index contributed by atoms with van der Waals surface area (Å²) in [7, 11) is 0. The Labute approximate surface area is 108 Å². The van der Waals surface area contributed by atoms with Gasteiger partial charge in [0.1, 0.15) is 11.5 Å². The van der Waals surface area contributed by atoms with E-state index < -0.39 is 22.3 Å². The lowest BCUT2D eigenvalue weighted by atomic mass is 9.82. The standard InChI is InChI=1S/C12H14FN3O3/c1-6-2-8(3-6)15-12(17)9-4-7(13)5-10(11(9)14)16(18)19/h4-6,8H,2-3,14H2,1H3,(H,15,17). The summed E-state index contributed by atoms with van der Waals surface area (Å²) >= 11 is 0. The number of carbonyl (C=O) groups is 1. The Morgan fingerprint density at radius 3 is 2.68 bits per heavy atom. The maximum Gasteiger partial charge on any atom is 0.295 e. The molecule has 1 aliphatic carbocycles. The van der Waals surface area contributed by atoms with Crippen molar-refractivity contribution in [3.8, 4) is 0 Å². The van der Waals surface area contributed by atoms with Gasteiger partial charge in [0.25, 0.3) is 11.6 Å². The van der Waals surface area contributed by atoms with Crippen molar-refractivity contribution in [3.63, 3.8) is 0 Å². The van der Waals surface area contributed by atoms with Crippen LogP contribution in [-0.2, 0) is 0 Å². The second kappa shape index (κ2) is 4.83. The summed E-state index contributed by atoms with van der Waals surface area (Å²) in [5.74, 6) is -0.880. The molecule has 3 N–H and O–H groups in total. The minimum Gasteiger partial charge on any atom is -0.393 e. The Bertz CT molecular complexity index is 541. The van der Waals surface area contributed by atoms with Crippen molar-refractivity contribution in [1.29, 1.82) is 0 Å². The number of anilines is 1. The van der Waals surface area contributed by atoms with Gasteiger partial charge in [-0.3, -0.25) is 14.9 Å². The molecule has 1 saturated carbocycles. The van der Waals surface area contributed by atoms with Crippen molar-refractivity contribution in [2.75, 3.05) is 5.73 Å². The topological polar surface area (TPSA) is 98.3 Å². The summed E-state index contributed by atoms with van der Waals surface area (Å²) in [4.78, 5) is 21.8. The summed E-state index contributed by atoms with van der Waals surface area (Å²) in [5, 5.41) is 13.4. The fourth-order valence-electron chi connectivity index (χ4n) is 2.23. The van der Waals surface area contributed by atoms with Crippen LogP contribution in [0.2, 0.25) is 0 Å². The number of nitrogens with one attached hydrogen (secondary N) is 1. The zero-order valence-electron chi connectivity index (χ0n) is 10.4. The molecule has 19 heavy (non-hydrogen) atoms. The quantitative estimate of drug-likeness (QED) is 0.496. The molecular weight excluding hydrogens is 253 g/mol. The monoisotopic (exact) mass is 267 g/mol. The third-order valence-corrected chi connectivity index (χ3v) is 3.27. The second-order valence-electron chi connectivity index (χ2n) is 4.89. The van der Waals surface area contributed by atoms with Crippen LogP contribution in [0.4, 0.5) is 15.8 Å². The highest BCUT2D eigenvalue weighted by Gasteiger charge is 2.29. The predicted molar refractivity (Wildman–Crippen MR) is 67.1 cm³/mol. The van der Waals surface area contributed by atoms with Crippen molar-refractivity contribution < 1.29 is 14.1 Å². The van der Waals surface area contributed by atoms with Gasteiger partial charge in [-0.15, -0.1) is 0 Å². The van der Waals surface area contributed by atoms with Crippen LogP contribution < -0.4 is 11.1 Å². The van der Waals surface area contributed by atoms with E-state index in [2.05, 4.69) is 12.2 Å². The van der Waals surface area contributed by atoms with Gasteiger partial charge >= 0.3 is 0 Å². The molecule has 0 saturated heterocycles. The number of hydrogen-bond acceptors (Lipinski definition) is 4. The lowest BCUT2D eigenvalue weighted by molar-refractivity contribution is -0.384. The molecule has 1 amide bonds. The van der Waals surface area contributed by atoms with E-state index in [9.17, 15) is 19.3 Å². The molecule has 0 unspecified atom stereocenters. The van der Waals surface area contributed by atoms with Crippen LogP contribution in [0.25, 0.3) is 0 Å². The van der Waals surface area contributed by atoms with Crippen LogP contribution in [0.1, 0.15) is 30.1 Å². The molecule has 1 fully saturated rings. The van der Waals surface area contributed by atoms with Crippen molar-refractivity contribution in [1.82, 2.24) is 5.32 Å². The van der Waals surface area contributed by atoms with Gasteiger partial charge in [-0.1, -0.05) is 6.92 Å². The van der Waals surface area contributed by atoms with Gasteiger partial charge < -0.3 is 11.1 Å². The van der Waals surface area contributed by atoms with Gasteiger partial charge in [0.15, 0.2) is 0 Å². The first-order chi connectivity index (χ1) is 8.88. The summed E-state index contributed by atoms with van der Waals surface area (Å²) in [6.45, 7) is 2.06. The number of hydrogen-bond donors (Lipinski definition) is 2. The molecule has 0 spiro atoms. The van der Waals surface area contributed by atoms with E-state index >= 15 is 0 Å². The summed E-state index contributed by atoms with van der Waals surface area (Å²) in [5.41, 5.74) is 4.46. The molecule has 7 heteroatoms. The molecule has 0 heterocycles. The van der Waals surface area contributed by atoms with Gasteiger partial charge in [-0.25, -0.2) is 4.39 Å². The Balaban J connectivity index is 2.23. The Kier molecular flexibility index (Phi) is 3.37. The molecule has 1 aliphatic rings. The first kappa shape index (κ1) is 13.3. The molecule has 0 bridgehead atoms. The lowest BCUT2D eigenvalue weighted by Gasteiger charge is -2.33. The number of nitrogens with zero attached hydrogens (tertiary/aromatic N) is 1. The predicted octanol–water partition coefficient (Wildman–Crippen LogP) is 1.84. The zero-order valence-corrected chi connectivity index (χ0v) is 10.4. The van der Waals surface area contributed by atoms with Crippen LogP contribution in [0.15, 0.2) is 12.1 Å². The molecule has 0 radical (unpaired) electrons. The maximum absolute atomic E-state index is 13.3. The zero-order chi connectivity index (χ0) is 14.2. The van der Waals surface area contributed by atoms with Crippen LogP contribution in [0.5, 0.6) is 0 Å². The number of amides is 1. The number of benzene rings is 1. The smallest absolute Gasteiger partial charge is 0.295 e. The van der Waals surface area contributed by atoms with E-state index in [4.69, 9.17) is 5.73 Å². The first-order valence-corrected chi connectivity index (χ1v) is 5.92. The molecule has 0 aromatic heterocycles. The summed E-state index contributed by atoms with van der Waals surface area (Å²) in [6.07, 6.45) is 1.70. The highest BCUT2D eigenvalue weighted by Crippen LogP contribution is 2.29. The largest absolute Gasteiger partial charge is 0.393 e. The Hall–Kier alpha value is -2.18. The third-order valence-electron chi connectivity index (χ3n) is 3.27. The average Bonchev–Trinajstić information content (AvgIpc) is 2.29. The first-order valence-electron chi connectivity index (χ1n) is 5.92. The fourth-order valence-corrected chi connectivity index (χ4v) is 2.23. The Morgan fingerprint density at radius 2 is 2.16 bits per heavy atom. The van der Waals surface area contributed by atoms with E-state index in [-0.39, 0.29) is 17.3 Å². The van der Waals surface area contributed by atoms with E-state index in [0.717, 1.165) is 18.9 Å². The minimum atomic E-state index is -0.854. The summed E-state index contributed by atoms with van der Waals surface area (Å²) in [6, 6.07) is 1.65. The number of nitrogen functional groups attached to an aromatic ring is 1. The van der Waals surface area contributed by atoms with Crippen molar-refractivity contribution in [2.45, 2.75) is 25.8 Å². The molecule has 6 nitrogen and oxygen atoms in total. The Morgan fingerprint density at radius 1 is 1.53 bits per heavy atom. The summed E-state index contributed by atoms with van der Waals surface area (Å²) < 4.78 is 13.3. The van der Waals surface area contributed by atoms with Crippen LogP contribution in [0, 0.1) is 21.8 Å². The molecule has 102 valence electrons. The van der Waals surface area contributed by atoms with Gasteiger partial charge in [-0.05, 0) is 24.8 Å². The van der Waals surface area contributed by atoms with Crippen molar-refractivity contribution in [2.24, 2.45) is 5.92 Å². The number of nitro groups is 1. The number of nitro benzene ring substituents is 1. The van der Waals surface area contributed by atoms with Crippen molar-refractivity contribution in [3.05, 3.63) is 33.6 Å². The number of rotatable bonds is 3. The van der Waals surface area contributed by atoms with Gasteiger partial charge in [0.05, 0.1) is 16.6 Å². The van der Waals surface area contributed by atoms with Crippen LogP contribution in [-0.4, -0.2) is 16.9 Å². The van der Waals surface area contributed by atoms with Gasteiger partial charge in [0, 0.05) is 6.04 Å². The van der Waals surface area contributed by atoms with E-state index in [1.54, 1.807) is 0 Å². The third kappa shape index (κ3) is 2.64. The SMILES string of the molecule is CC1CC(NC(=O)c2cc(F)cc([N+](=O)[O-])c2N)C1. The molecule has 0 atom stereocenters. The number of carbonyl (C=O) groups excluding carboxylic acids is 1. The minimum absolute atomic E-state index is 0.0317. The highest BCUT2D eigenvalue weighted by atomic mass is 19.1. The van der Waals surface area contributed by atoms with Crippen molar-refractivity contribution >= 4 is 17.3 Å². The normalized spacial score (nSPS) is 21.6. The molecule has 1 aromatic carbocycles.